The Labute approximate surface area is 124 Å². The molecule has 19 heavy (non-hydrogen) atoms. The molecule has 0 saturated heterocycles. The van der Waals surface area contributed by atoms with Crippen molar-refractivity contribution >= 4 is 28.8 Å². The second kappa shape index (κ2) is 7.88. The van der Waals surface area contributed by atoms with Gasteiger partial charge in [-0.1, -0.05) is 25.4 Å². The summed E-state index contributed by atoms with van der Waals surface area (Å²) in [6.07, 6.45) is 1.53. The molecule has 0 spiro atoms. The van der Waals surface area contributed by atoms with Gasteiger partial charge in [0.15, 0.2) is 0 Å². The lowest BCUT2D eigenvalue weighted by Crippen LogP contribution is -2.30. The van der Waals surface area contributed by atoms with E-state index in [0.717, 1.165) is 15.6 Å². The lowest BCUT2D eigenvalue weighted by Gasteiger charge is -2.21. The largest absolute Gasteiger partial charge is 0.341 e. The molecule has 2 N–H and O–H groups in total. The number of hydrogen-bond acceptors (Lipinski definition) is 3. The molecule has 0 aromatic carbocycles. The van der Waals surface area contributed by atoms with Crippen molar-refractivity contribution in [3.63, 3.8) is 0 Å². The number of thiophene rings is 1. The summed E-state index contributed by atoms with van der Waals surface area (Å²) < 4.78 is 0.760. The quantitative estimate of drug-likeness (QED) is 0.839. The summed E-state index contributed by atoms with van der Waals surface area (Å²) in [6, 6.07) is 3.83. The zero-order valence-electron chi connectivity index (χ0n) is 11.9. The van der Waals surface area contributed by atoms with E-state index in [-0.39, 0.29) is 11.8 Å². The number of carbonyl (C=O) groups is 1. The Morgan fingerprint density at radius 3 is 2.63 bits per heavy atom. The van der Waals surface area contributed by atoms with Gasteiger partial charge in [0.05, 0.1) is 10.9 Å². The minimum Gasteiger partial charge on any atom is -0.341 e. The number of nitrogens with two attached hydrogens (primary N) is 1. The molecule has 1 amide bonds. The van der Waals surface area contributed by atoms with Crippen molar-refractivity contribution in [2.24, 2.45) is 17.6 Å². The molecule has 0 aliphatic carbocycles. The molecule has 1 atom stereocenters. The van der Waals surface area contributed by atoms with E-state index < -0.39 is 0 Å². The van der Waals surface area contributed by atoms with Crippen molar-refractivity contribution in [2.75, 3.05) is 13.6 Å². The fourth-order valence-corrected chi connectivity index (χ4v) is 3.23. The van der Waals surface area contributed by atoms with Crippen LogP contribution >= 0.6 is 22.9 Å². The molecular weight excluding hydrogens is 280 g/mol. The first-order chi connectivity index (χ1) is 8.92. The molecule has 1 heterocycles. The lowest BCUT2D eigenvalue weighted by atomic mass is 9.94. The van der Waals surface area contributed by atoms with Crippen LogP contribution in [0.2, 0.25) is 4.34 Å². The van der Waals surface area contributed by atoms with Gasteiger partial charge in [-0.05, 0) is 36.9 Å². The molecule has 108 valence electrons. The maximum Gasteiger partial charge on any atom is 0.222 e. The van der Waals surface area contributed by atoms with Crippen molar-refractivity contribution in [3.05, 3.63) is 21.3 Å². The van der Waals surface area contributed by atoms with E-state index in [1.165, 1.54) is 11.3 Å². The molecule has 0 radical (unpaired) electrons. The van der Waals surface area contributed by atoms with Gasteiger partial charge >= 0.3 is 0 Å². The van der Waals surface area contributed by atoms with E-state index in [0.29, 0.717) is 25.4 Å². The van der Waals surface area contributed by atoms with Gasteiger partial charge in [0, 0.05) is 18.3 Å². The minimum absolute atomic E-state index is 0.153. The standard InChI is InChI=1S/C14H23ClN2OS/c1-10(2)6-11(8-16)7-14(18)17(3)9-12-4-5-13(15)19-12/h4-5,10-11H,6-9,16H2,1-3H3. The van der Waals surface area contributed by atoms with Crippen LogP contribution in [0.3, 0.4) is 0 Å². The van der Waals surface area contributed by atoms with Crippen molar-refractivity contribution in [2.45, 2.75) is 33.2 Å². The van der Waals surface area contributed by atoms with E-state index in [1.807, 2.05) is 19.2 Å². The van der Waals surface area contributed by atoms with Crippen molar-refractivity contribution < 1.29 is 4.79 Å². The third-order valence-electron chi connectivity index (χ3n) is 3.05. The summed E-state index contributed by atoms with van der Waals surface area (Å²) in [5, 5.41) is 0. The Bertz CT molecular complexity index is 406. The second-order valence-electron chi connectivity index (χ2n) is 5.39. The molecule has 0 bridgehead atoms. The lowest BCUT2D eigenvalue weighted by molar-refractivity contribution is -0.131. The molecule has 0 fully saturated rings. The molecule has 0 aliphatic rings. The maximum absolute atomic E-state index is 12.1. The van der Waals surface area contributed by atoms with Gasteiger partial charge in [0.2, 0.25) is 5.91 Å². The Morgan fingerprint density at radius 2 is 2.16 bits per heavy atom. The number of rotatable bonds is 7. The van der Waals surface area contributed by atoms with Crippen LogP contribution in [0.5, 0.6) is 0 Å². The average molecular weight is 303 g/mol. The normalized spacial score (nSPS) is 12.7. The zero-order valence-corrected chi connectivity index (χ0v) is 13.4. The summed E-state index contributed by atoms with van der Waals surface area (Å²) in [5.74, 6) is 1.00. The van der Waals surface area contributed by atoms with Crippen molar-refractivity contribution in [1.82, 2.24) is 4.90 Å². The molecule has 1 aromatic heterocycles. The average Bonchev–Trinajstić information content (AvgIpc) is 2.73. The van der Waals surface area contributed by atoms with Crippen LogP contribution in [0.25, 0.3) is 0 Å². The van der Waals surface area contributed by atoms with E-state index in [1.54, 1.807) is 4.90 Å². The summed E-state index contributed by atoms with van der Waals surface area (Å²) in [5.41, 5.74) is 5.74. The van der Waals surface area contributed by atoms with Gasteiger partial charge in [-0.15, -0.1) is 11.3 Å². The van der Waals surface area contributed by atoms with Crippen LogP contribution in [0.15, 0.2) is 12.1 Å². The number of carbonyl (C=O) groups excluding carboxylic acids is 1. The van der Waals surface area contributed by atoms with E-state index in [4.69, 9.17) is 17.3 Å². The minimum atomic E-state index is 0.153. The highest BCUT2D eigenvalue weighted by atomic mass is 35.5. The first kappa shape index (κ1) is 16.5. The number of hydrogen-bond donors (Lipinski definition) is 1. The molecule has 0 aliphatic heterocycles. The third kappa shape index (κ3) is 5.93. The van der Waals surface area contributed by atoms with Crippen LogP contribution in [-0.2, 0) is 11.3 Å². The topological polar surface area (TPSA) is 46.3 Å². The van der Waals surface area contributed by atoms with Crippen LogP contribution in [0, 0.1) is 11.8 Å². The van der Waals surface area contributed by atoms with Gasteiger partial charge in [-0.3, -0.25) is 4.79 Å². The molecular formula is C14H23ClN2OS. The zero-order chi connectivity index (χ0) is 14.4. The number of halogens is 1. The van der Waals surface area contributed by atoms with Crippen molar-refractivity contribution in [3.8, 4) is 0 Å². The molecule has 1 unspecified atom stereocenters. The molecule has 1 rings (SSSR count). The second-order valence-corrected chi connectivity index (χ2v) is 7.19. The maximum atomic E-state index is 12.1. The number of amides is 1. The van der Waals surface area contributed by atoms with Gasteiger partial charge < -0.3 is 10.6 Å². The highest BCUT2D eigenvalue weighted by molar-refractivity contribution is 7.16. The molecule has 3 nitrogen and oxygen atoms in total. The summed E-state index contributed by atoms with van der Waals surface area (Å²) in [6.45, 7) is 5.51. The highest BCUT2D eigenvalue weighted by Gasteiger charge is 2.17. The summed E-state index contributed by atoms with van der Waals surface area (Å²) >= 11 is 7.40. The molecule has 0 saturated carbocycles. The van der Waals surface area contributed by atoms with Crippen LogP contribution in [0.1, 0.15) is 31.6 Å². The molecule has 1 aromatic rings. The summed E-state index contributed by atoms with van der Waals surface area (Å²) in [4.78, 5) is 15.0. The Hall–Kier alpha value is -0.580. The van der Waals surface area contributed by atoms with E-state index in [9.17, 15) is 4.79 Å². The van der Waals surface area contributed by atoms with Gasteiger partial charge in [-0.2, -0.15) is 0 Å². The van der Waals surface area contributed by atoms with E-state index in [2.05, 4.69) is 13.8 Å². The fourth-order valence-electron chi connectivity index (χ4n) is 2.09. The Kier molecular flexibility index (Phi) is 6.83. The monoisotopic (exact) mass is 302 g/mol. The fraction of sp³-hybridized carbons (Fsp3) is 0.643. The first-order valence-electron chi connectivity index (χ1n) is 6.60. The predicted molar refractivity (Wildman–Crippen MR) is 82.4 cm³/mol. The van der Waals surface area contributed by atoms with Crippen molar-refractivity contribution in [1.29, 1.82) is 0 Å². The summed E-state index contributed by atoms with van der Waals surface area (Å²) in [7, 11) is 1.83. The van der Waals surface area contributed by atoms with E-state index >= 15 is 0 Å². The Balaban J connectivity index is 2.47. The SMILES string of the molecule is CC(C)CC(CN)CC(=O)N(C)Cc1ccc(Cl)s1. The van der Waals surface area contributed by atoms with Gasteiger partial charge in [0.1, 0.15) is 0 Å². The Morgan fingerprint density at radius 1 is 1.47 bits per heavy atom. The first-order valence-corrected chi connectivity index (χ1v) is 7.80. The van der Waals surface area contributed by atoms with Crippen LogP contribution in [-0.4, -0.2) is 24.4 Å². The molecule has 5 heteroatoms. The predicted octanol–water partition coefficient (Wildman–Crippen LogP) is 3.37. The number of nitrogens with zero attached hydrogens (tertiary/aromatic N) is 1. The highest BCUT2D eigenvalue weighted by Crippen LogP contribution is 2.23. The van der Waals surface area contributed by atoms with Crippen LogP contribution in [0.4, 0.5) is 0 Å². The van der Waals surface area contributed by atoms with Crippen LogP contribution < -0.4 is 5.73 Å². The third-order valence-corrected chi connectivity index (χ3v) is 4.26. The van der Waals surface area contributed by atoms with Gasteiger partial charge in [-0.25, -0.2) is 0 Å². The smallest absolute Gasteiger partial charge is 0.222 e. The van der Waals surface area contributed by atoms with Gasteiger partial charge in [0.25, 0.3) is 0 Å².